The fraction of sp³-hybridized carbons (Fsp3) is 1.00. The first-order valence-electron chi connectivity index (χ1n) is 6.53. The van der Waals surface area contributed by atoms with Gasteiger partial charge in [-0.1, -0.05) is 33.6 Å². The van der Waals surface area contributed by atoms with Crippen LogP contribution in [-0.4, -0.2) is 29.6 Å². The van der Waals surface area contributed by atoms with Gasteiger partial charge in [0.2, 0.25) is 0 Å². The van der Waals surface area contributed by atoms with Crippen molar-refractivity contribution in [1.82, 2.24) is 4.90 Å². The highest BCUT2D eigenvalue weighted by atomic mass is 15.2. The average molecular weight is 212 g/mol. The molecule has 15 heavy (non-hydrogen) atoms. The van der Waals surface area contributed by atoms with Crippen LogP contribution < -0.4 is 5.73 Å². The van der Waals surface area contributed by atoms with Crippen LogP contribution in [0.15, 0.2) is 0 Å². The van der Waals surface area contributed by atoms with Gasteiger partial charge in [0.25, 0.3) is 0 Å². The molecule has 1 aliphatic rings. The second-order valence-electron chi connectivity index (χ2n) is 5.44. The predicted molar refractivity (Wildman–Crippen MR) is 66.9 cm³/mol. The Hall–Kier alpha value is -0.0800. The molecule has 2 nitrogen and oxygen atoms in total. The molecule has 0 saturated heterocycles. The Morgan fingerprint density at radius 1 is 1.33 bits per heavy atom. The Labute approximate surface area is 95.2 Å². The number of rotatable bonds is 5. The molecule has 90 valence electrons. The van der Waals surface area contributed by atoms with Crippen molar-refractivity contribution in [3.8, 4) is 0 Å². The number of nitrogens with zero attached hydrogens (tertiary/aromatic N) is 1. The molecule has 0 amide bonds. The Morgan fingerprint density at radius 2 is 1.87 bits per heavy atom. The molecule has 0 aromatic carbocycles. The van der Waals surface area contributed by atoms with Gasteiger partial charge in [-0.15, -0.1) is 0 Å². The van der Waals surface area contributed by atoms with Gasteiger partial charge < -0.3 is 5.73 Å². The quantitative estimate of drug-likeness (QED) is 0.759. The van der Waals surface area contributed by atoms with Crippen LogP contribution in [0.3, 0.4) is 0 Å². The lowest BCUT2D eigenvalue weighted by atomic mass is 9.85. The van der Waals surface area contributed by atoms with E-state index in [9.17, 15) is 0 Å². The summed E-state index contributed by atoms with van der Waals surface area (Å²) in [5, 5.41) is 0. The van der Waals surface area contributed by atoms with Gasteiger partial charge in [0, 0.05) is 18.1 Å². The van der Waals surface area contributed by atoms with E-state index in [4.69, 9.17) is 5.73 Å². The first-order chi connectivity index (χ1) is 7.06. The highest BCUT2D eigenvalue weighted by Crippen LogP contribution is 2.32. The van der Waals surface area contributed by atoms with E-state index in [-0.39, 0.29) is 5.54 Å². The number of hydrogen-bond acceptors (Lipinski definition) is 2. The van der Waals surface area contributed by atoms with Gasteiger partial charge in [-0.3, -0.25) is 4.90 Å². The molecule has 1 unspecified atom stereocenters. The summed E-state index contributed by atoms with van der Waals surface area (Å²) < 4.78 is 0. The van der Waals surface area contributed by atoms with E-state index in [2.05, 4.69) is 32.6 Å². The van der Waals surface area contributed by atoms with Crippen LogP contribution in [0.2, 0.25) is 0 Å². The minimum absolute atomic E-state index is 0.184. The van der Waals surface area contributed by atoms with Gasteiger partial charge in [0.05, 0.1) is 0 Å². The normalized spacial score (nSPS) is 22.6. The third-order valence-corrected chi connectivity index (χ3v) is 4.42. The summed E-state index contributed by atoms with van der Waals surface area (Å²) in [7, 11) is 0. The van der Waals surface area contributed by atoms with Crippen LogP contribution in [0, 0.1) is 5.92 Å². The summed E-state index contributed by atoms with van der Waals surface area (Å²) in [5.41, 5.74) is 6.19. The van der Waals surface area contributed by atoms with E-state index in [0.717, 1.165) is 19.1 Å². The largest absolute Gasteiger partial charge is 0.329 e. The van der Waals surface area contributed by atoms with E-state index >= 15 is 0 Å². The van der Waals surface area contributed by atoms with Crippen molar-refractivity contribution in [2.45, 2.75) is 65.0 Å². The van der Waals surface area contributed by atoms with Gasteiger partial charge in [0.15, 0.2) is 0 Å². The van der Waals surface area contributed by atoms with E-state index < -0.39 is 0 Å². The summed E-state index contributed by atoms with van der Waals surface area (Å²) in [6.45, 7) is 11.1. The summed E-state index contributed by atoms with van der Waals surface area (Å²) in [4.78, 5) is 2.66. The van der Waals surface area contributed by atoms with Crippen molar-refractivity contribution in [1.29, 1.82) is 0 Å². The molecule has 1 saturated carbocycles. The maximum Gasteiger partial charge on any atom is 0.0329 e. The number of nitrogens with two attached hydrogens (primary N) is 1. The molecule has 1 atom stereocenters. The first kappa shape index (κ1) is 13.0. The zero-order chi connectivity index (χ0) is 11.5. The van der Waals surface area contributed by atoms with Crippen molar-refractivity contribution in [3.63, 3.8) is 0 Å². The van der Waals surface area contributed by atoms with Crippen molar-refractivity contribution in [3.05, 3.63) is 0 Å². The van der Waals surface area contributed by atoms with Gasteiger partial charge in [0.1, 0.15) is 0 Å². The van der Waals surface area contributed by atoms with E-state index in [0.29, 0.717) is 5.92 Å². The molecule has 0 heterocycles. The molecule has 1 aliphatic carbocycles. The summed E-state index contributed by atoms with van der Waals surface area (Å²) in [5.74, 6) is 0.628. The van der Waals surface area contributed by atoms with E-state index in [1.165, 1.54) is 25.7 Å². The second kappa shape index (κ2) is 5.31. The molecule has 0 bridgehead atoms. The molecule has 1 fully saturated rings. The molecule has 2 heteroatoms. The molecule has 0 aromatic heterocycles. The SMILES string of the molecule is CCN(C1CCCC1)C(C)(CN)C(C)C. The molecular formula is C13H28N2. The van der Waals surface area contributed by atoms with Gasteiger partial charge in [-0.2, -0.15) is 0 Å². The fourth-order valence-electron chi connectivity index (χ4n) is 2.94. The lowest BCUT2D eigenvalue weighted by Crippen LogP contribution is -2.58. The van der Waals surface area contributed by atoms with Crippen LogP contribution >= 0.6 is 0 Å². The number of hydrogen-bond donors (Lipinski definition) is 1. The van der Waals surface area contributed by atoms with Gasteiger partial charge >= 0.3 is 0 Å². The van der Waals surface area contributed by atoms with Crippen LogP contribution in [0.1, 0.15) is 53.4 Å². The second-order valence-corrected chi connectivity index (χ2v) is 5.44. The van der Waals surface area contributed by atoms with Crippen molar-refractivity contribution in [2.75, 3.05) is 13.1 Å². The van der Waals surface area contributed by atoms with Crippen LogP contribution in [0.25, 0.3) is 0 Å². The van der Waals surface area contributed by atoms with Gasteiger partial charge in [-0.05, 0) is 32.2 Å². The highest BCUT2D eigenvalue weighted by molar-refractivity contribution is 4.94. The smallest absolute Gasteiger partial charge is 0.0329 e. The Morgan fingerprint density at radius 3 is 2.20 bits per heavy atom. The van der Waals surface area contributed by atoms with Crippen molar-refractivity contribution in [2.24, 2.45) is 11.7 Å². The van der Waals surface area contributed by atoms with Gasteiger partial charge in [-0.25, -0.2) is 0 Å². The van der Waals surface area contributed by atoms with E-state index in [1.807, 2.05) is 0 Å². The molecule has 1 rings (SSSR count). The lowest BCUT2D eigenvalue weighted by molar-refractivity contribution is 0.0329. The molecular weight excluding hydrogens is 184 g/mol. The third-order valence-electron chi connectivity index (χ3n) is 4.42. The summed E-state index contributed by atoms with van der Waals surface area (Å²) in [6.07, 6.45) is 5.55. The molecule has 0 radical (unpaired) electrons. The minimum atomic E-state index is 0.184. The first-order valence-corrected chi connectivity index (χ1v) is 6.53. The number of likely N-dealkylation sites (N-methyl/N-ethyl adjacent to an activating group) is 1. The van der Waals surface area contributed by atoms with E-state index in [1.54, 1.807) is 0 Å². The topological polar surface area (TPSA) is 29.3 Å². The van der Waals surface area contributed by atoms with Crippen molar-refractivity contribution < 1.29 is 0 Å². The predicted octanol–water partition coefficient (Wildman–Crippen LogP) is 2.62. The zero-order valence-electron chi connectivity index (χ0n) is 10.9. The van der Waals surface area contributed by atoms with Crippen LogP contribution in [-0.2, 0) is 0 Å². The minimum Gasteiger partial charge on any atom is -0.329 e. The highest BCUT2D eigenvalue weighted by Gasteiger charge is 2.37. The standard InChI is InChI=1S/C13H28N2/c1-5-15(12-8-6-7-9-12)13(4,10-14)11(2)3/h11-12H,5-10,14H2,1-4H3. The Kier molecular flexibility index (Phi) is 4.60. The average Bonchev–Trinajstić information content (AvgIpc) is 2.71. The van der Waals surface area contributed by atoms with Crippen LogP contribution in [0.4, 0.5) is 0 Å². The lowest BCUT2D eigenvalue weighted by Gasteiger charge is -2.46. The summed E-state index contributed by atoms with van der Waals surface area (Å²) in [6, 6.07) is 0.783. The summed E-state index contributed by atoms with van der Waals surface area (Å²) >= 11 is 0. The third kappa shape index (κ3) is 2.54. The molecule has 0 aromatic rings. The molecule has 2 N–H and O–H groups in total. The maximum absolute atomic E-state index is 6.01. The molecule has 0 aliphatic heterocycles. The maximum atomic E-state index is 6.01. The Bertz CT molecular complexity index is 185. The molecule has 0 spiro atoms. The Balaban J connectivity index is 2.77. The monoisotopic (exact) mass is 212 g/mol. The van der Waals surface area contributed by atoms with Crippen LogP contribution in [0.5, 0.6) is 0 Å². The van der Waals surface area contributed by atoms with Crippen molar-refractivity contribution >= 4 is 0 Å². The fourth-order valence-corrected chi connectivity index (χ4v) is 2.94. The zero-order valence-corrected chi connectivity index (χ0v) is 10.9.